The van der Waals surface area contributed by atoms with E-state index in [0.29, 0.717) is 6.04 Å². The van der Waals surface area contributed by atoms with Gasteiger partial charge in [0.15, 0.2) is 0 Å². The first-order chi connectivity index (χ1) is 9.63. The average molecular weight is 275 g/mol. The van der Waals surface area contributed by atoms with Gasteiger partial charge in [-0.3, -0.25) is 4.79 Å². The third-order valence-electron chi connectivity index (χ3n) is 4.12. The Labute approximate surface area is 121 Å². The number of benzene rings is 1. The smallest absolute Gasteiger partial charge is 0.219 e. The molecule has 2 rings (SSSR count). The minimum absolute atomic E-state index is 0.184. The molecule has 1 unspecified atom stereocenters. The Kier molecular flexibility index (Phi) is 5.01. The summed E-state index contributed by atoms with van der Waals surface area (Å²) in [5.74, 6) is 0.184. The van der Waals surface area contributed by atoms with E-state index in [9.17, 15) is 4.79 Å². The molecule has 1 aliphatic rings. The second-order valence-corrected chi connectivity index (χ2v) is 5.42. The zero-order valence-corrected chi connectivity index (χ0v) is 12.7. The molecule has 0 bridgehead atoms. The summed E-state index contributed by atoms with van der Waals surface area (Å²) in [5, 5.41) is 3.31. The molecule has 1 fully saturated rings. The third kappa shape index (κ3) is 3.31. The van der Waals surface area contributed by atoms with Crippen molar-refractivity contribution in [3.63, 3.8) is 0 Å². The van der Waals surface area contributed by atoms with E-state index in [0.717, 1.165) is 32.6 Å². The van der Waals surface area contributed by atoms with Gasteiger partial charge in [-0.15, -0.1) is 0 Å². The lowest BCUT2D eigenvalue weighted by Crippen LogP contribution is -2.34. The van der Waals surface area contributed by atoms with Gasteiger partial charge in [-0.25, -0.2) is 0 Å². The zero-order valence-electron chi connectivity index (χ0n) is 12.7. The van der Waals surface area contributed by atoms with Gasteiger partial charge in [0.2, 0.25) is 5.91 Å². The van der Waals surface area contributed by atoms with Gasteiger partial charge in [-0.2, -0.15) is 0 Å². The van der Waals surface area contributed by atoms with Crippen molar-refractivity contribution in [1.29, 1.82) is 0 Å². The van der Waals surface area contributed by atoms with Crippen molar-refractivity contribution < 1.29 is 4.79 Å². The lowest BCUT2D eigenvalue weighted by Gasteiger charge is -2.27. The fourth-order valence-corrected chi connectivity index (χ4v) is 2.77. The van der Waals surface area contributed by atoms with Crippen LogP contribution >= 0.6 is 0 Å². The minimum Gasteiger partial charge on any atom is -0.369 e. The van der Waals surface area contributed by atoms with Crippen molar-refractivity contribution in [2.24, 2.45) is 0 Å². The third-order valence-corrected chi connectivity index (χ3v) is 4.12. The van der Waals surface area contributed by atoms with E-state index in [1.165, 1.54) is 11.3 Å². The lowest BCUT2D eigenvalue weighted by molar-refractivity contribution is -0.128. The number of hydrogen-bond acceptors (Lipinski definition) is 3. The summed E-state index contributed by atoms with van der Waals surface area (Å²) in [5.41, 5.74) is 2.62. The molecule has 4 nitrogen and oxygen atoms in total. The molecular weight excluding hydrogens is 250 g/mol. The molecule has 1 amide bonds. The molecule has 1 atom stereocenters. The van der Waals surface area contributed by atoms with Gasteiger partial charge in [0.1, 0.15) is 0 Å². The number of hydrogen-bond donors (Lipinski definition) is 1. The summed E-state index contributed by atoms with van der Waals surface area (Å²) in [4.78, 5) is 15.9. The Morgan fingerprint density at radius 2 is 1.95 bits per heavy atom. The van der Waals surface area contributed by atoms with Crippen LogP contribution in [0.4, 0.5) is 5.69 Å². The van der Waals surface area contributed by atoms with Gasteiger partial charge in [0.05, 0.1) is 0 Å². The number of nitrogens with zero attached hydrogens (tertiary/aromatic N) is 2. The summed E-state index contributed by atoms with van der Waals surface area (Å²) < 4.78 is 0. The SMILES string of the molecule is CNC(C)c1ccccc1N1CCCN(C(C)=O)CC1. The van der Waals surface area contributed by atoms with Crippen molar-refractivity contribution in [1.82, 2.24) is 10.2 Å². The highest BCUT2D eigenvalue weighted by atomic mass is 16.2. The van der Waals surface area contributed by atoms with Crippen LogP contribution in [0.25, 0.3) is 0 Å². The van der Waals surface area contributed by atoms with Gasteiger partial charge in [0, 0.05) is 44.8 Å². The predicted octanol–water partition coefficient (Wildman–Crippen LogP) is 2.03. The van der Waals surface area contributed by atoms with Crippen molar-refractivity contribution in [2.45, 2.75) is 26.3 Å². The Balaban J connectivity index is 2.17. The van der Waals surface area contributed by atoms with Crippen molar-refractivity contribution in [2.75, 3.05) is 38.1 Å². The molecule has 1 aromatic carbocycles. The van der Waals surface area contributed by atoms with Crippen LogP contribution < -0.4 is 10.2 Å². The van der Waals surface area contributed by atoms with Crippen molar-refractivity contribution >= 4 is 11.6 Å². The van der Waals surface area contributed by atoms with Gasteiger partial charge < -0.3 is 15.1 Å². The molecule has 110 valence electrons. The second-order valence-electron chi connectivity index (χ2n) is 5.42. The van der Waals surface area contributed by atoms with E-state index in [2.05, 4.69) is 41.4 Å². The molecule has 0 aromatic heterocycles. The molecule has 1 heterocycles. The molecule has 1 N–H and O–H groups in total. The standard InChI is InChI=1S/C16H25N3O/c1-13(17-3)15-7-4-5-8-16(15)19-10-6-9-18(11-12-19)14(2)20/h4-5,7-8,13,17H,6,9-12H2,1-3H3. The number of para-hydroxylation sites is 1. The molecule has 4 heteroatoms. The second kappa shape index (κ2) is 6.75. The maximum Gasteiger partial charge on any atom is 0.219 e. The monoisotopic (exact) mass is 275 g/mol. The number of carbonyl (C=O) groups is 1. The van der Waals surface area contributed by atoms with Crippen LogP contribution in [-0.4, -0.2) is 44.0 Å². The Bertz CT molecular complexity index is 461. The van der Waals surface area contributed by atoms with E-state index in [4.69, 9.17) is 0 Å². The van der Waals surface area contributed by atoms with E-state index in [-0.39, 0.29) is 5.91 Å². The highest BCUT2D eigenvalue weighted by molar-refractivity contribution is 5.73. The highest BCUT2D eigenvalue weighted by Crippen LogP contribution is 2.26. The quantitative estimate of drug-likeness (QED) is 0.917. The van der Waals surface area contributed by atoms with Gasteiger partial charge >= 0.3 is 0 Å². The fraction of sp³-hybridized carbons (Fsp3) is 0.562. The summed E-state index contributed by atoms with van der Waals surface area (Å²) in [6.07, 6.45) is 1.03. The lowest BCUT2D eigenvalue weighted by atomic mass is 10.1. The number of amides is 1. The van der Waals surface area contributed by atoms with E-state index in [1.54, 1.807) is 6.92 Å². The maximum absolute atomic E-state index is 11.5. The highest BCUT2D eigenvalue weighted by Gasteiger charge is 2.19. The Morgan fingerprint density at radius 3 is 2.65 bits per heavy atom. The van der Waals surface area contributed by atoms with Crippen LogP contribution in [0.5, 0.6) is 0 Å². The number of anilines is 1. The number of rotatable bonds is 3. The summed E-state index contributed by atoms with van der Waals surface area (Å²) in [6.45, 7) is 7.45. The first-order valence-electron chi connectivity index (χ1n) is 7.40. The molecule has 0 spiro atoms. The fourth-order valence-electron chi connectivity index (χ4n) is 2.77. The van der Waals surface area contributed by atoms with E-state index < -0.39 is 0 Å². The van der Waals surface area contributed by atoms with Crippen LogP contribution in [0.1, 0.15) is 31.9 Å². The molecule has 20 heavy (non-hydrogen) atoms. The minimum atomic E-state index is 0.184. The molecule has 0 saturated carbocycles. The molecule has 1 saturated heterocycles. The summed E-state index contributed by atoms with van der Waals surface area (Å²) in [6, 6.07) is 8.89. The zero-order chi connectivity index (χ0) is 14.5. The largest absolute Gasteiger partial charge is 0.369 e. The predicted molar refractivity (Wildman–Crippen MR) is 83.0 cm³/mol. The van der Waals surface area contributed by atoms with Gasteiger partial charge in [-0.1, -0.05) is 18.2 Å². The van der Waals surface area contributed by atoms with E-state index in [1.807, 2.05) is 11.9 Å². The number of carbonyl (C=O) groups excluding carboxylic acids is 1. The molecule has 1 aromatic rings. The van der Waals surface area contributed by atoms with Crippen LogP contribution in [0, 0.1) is 0 Å². The van der Waals surface area contributed by atoms with Crippen LogP contribution in [0.2, 0.25) is 0 Å². The van der Waals surface area contributed by atoms with Crippen LogP contribution in [0.3, 0.4) is 0 Å². The topological polar surface area (TPSA) is 35.6 Å². The average Bonchev–Trinajstić information content (AvgIpc) is 2.72. The maximum atomic E-state index is 11.5. The van der Waals surface area contributed by atoms with Crippen molar-refractivity contribution in [3.05, 3.63) is 29.8 Å². The Hall–Kier alpha value is -1.55. The first-order valence-corrected chi connectivity index (χ1v) is 7.40. The van der Waals surface area contributed by atoms with Gasteiger partial charge in [-0.05, 0) is 32.0 Å². The molecule has 0 aliphatic carbocycles. The van der Waals surface area contributed by atoms with Gasteiger partial charge in [0.25, 0.3) is 0 Å². The molecule has 1 aliphatic heterocycles. The van der Waals surface area contributed by atoms with Crippen LogP contribution in [-0.2, 0) is 4.79 Å². The first kappa shape index (κ1) is 14.9. The molecule has 0 radical (unpaired) electrons. The summed E-state index contributed by atoms with van der Waals surface area (Å²) in [7, 11) is 1.99. The summed E-state index contributed by atoms with van der Waals surface area (Å²) >= 11 is 0. The van der Waals surface area contributed by atoms with E-state index >= 15 is 0 Å². The number of nitrogens with one attached hydrogen (secondary N) is 1. The van der Waals surface area contributed by atoms with Crippen molar-refractivity contribution in [3.8, 4) is 0 Å². The Morgan fingerprint density at radius 1 is 1.20 bits per heavy atom. The molecular formula is C16H25N3O. The van der Waals surface area contributed by atoms with Crippen LogP contribution in [0.15, 0.2) is 24.3 Å². The normalized spacial score (nSPS) is 17.8.